The molecule has 2 aromatic rings. The molecule has 0 aliphatic carbocycles. The molecule has 7 heteroatoms. The number of rotatable bonds is 5. The van der Waals surface area contributed by atoms with Gasteiger partial charge < -0.3 is 20.8 Å². The SMILES string of the molecule is Nc1ccc2[nH]nc(C(=O)N(CCO)CCO)c2c1. The minimum Gasteiger partial charge on any atom is -0.399 e. The standard InChI is InChI=1S/C12H16N4O3/c13-8-1-2-10-9(7-8)11(15-14-10)12(19)16(3-5-17)4-6-18/h1-2,7,17-18H,3-6,13H2,(H,14,15). The zero-order valence-corrected chi connectivity index (χ0v) is 10.3. The summed E-state index contributed by atoms with van der Waals surface area (Å²) in [5, 5.41) is 25.3. The van der Waals surface area contributed by atoms with Gasteiger partial charge in [0.05, 0.1) is 18.7 Å². The molecule has 0 saturated carbocycles. The number of carbonyl (C=O) groups excluding carboxylic acids is 1. The maximum Gasteiger partial charge on any atom is 0.275 e. The number of carbonyl (C=O) groups is 1. The number of nitrogens with zero attached hydrogens (tertiary/aromatic N) is 2. The van der Waals surface area contributed by atoms with E-state index in [-0.39, 0.29) is 37.9 Å². The minimum absolute atomic E-state index is 0.149. The molecule has 5 N–H and O–H groups in total. The summed E-state index contributed by atoms with van der Waals surface area (Å²) in [5.41, 5.74) is 7.19. The van der Waals surface area contributed by atoms with Crippen molar-refractivity contribution in [1.29, 1.82) is 0 Å². The number of benzene rings is 1. The maximum atomic E-state index is 12.3. The van der Waals surface area contributed by atoms with Crippen LogP contribution in [0.4, 0.5) is 5.69 Å². The van der Waals surface area contributed by atoms with E-state index in [1.807, 2.05) is 0 Å². The molecule has 0 atom stereocenters. The number of fused-ring (bicyclic) bond motifs is 1. The van der Waals surface area contributed by atoms with E-state index in [1.54, 1.807) is 18.2 Å². The summed E-state index contributed by atoms with van der Waals surface area (Å²) in [5.74, 6) is -0.347. The number of hydrogen-bond acceptors (Lipinski definition) is 5. The van der Waals surface area contributed by atoms with Crippen molar-refractivity contribution in [2.45, 2.75) is 0 Å². The van der Waals surface area contributed by atoms with Crippen molar-refractivity contribution in [2.24, 2.45) is 0 Å². The Morgan fingerprint density at radius 1 is 1.32 bits per heavy atom. The summed E-state index contributed by atoms with van der Waals surface area (Å²) >= 11 is 0. The van der Waals surface area contributed by atoms with Gasteiger partial charge >= 0.3 is 0 Å². The van der Waals surface area contributed by atoms with Crippen LogP contribution in [0.2, 0.25) is 0 Å². The van der Waals surface area contributed by atoms with Crippen molar-refractivity contribution in [1.82, 2.24) is 15.1 Å². The van der Waals surface area contributed by atoms with Crippen LogP contribution in [0.1, 0.15) is 10.5 Å². The summed E-state index contributed by atoms with van der Waals surface area (Å²) in [7, 11) is 0. The lowest BCUT2D eigenvalue weighted by Crippen LogP contribution is -2.36. The molecule has 0 spiro atoms. The third-order valence-corrected chi connectivity index (χ3v) is 2.82. The number of aliphatic hydroxyl groups is 2. The van der Waals surface area contributed by atoms with Crippen LogP contribution in [0.5, 0.6) is 0 Å². The first-order valence-corrected chi connectivity index (χ1v) is 5.92. The van der Waals surface area contributed by atoms with Gasteiger partial charge in [-0.15, -0.1) is 0 Å². The van der Waals surface area contributed by atoms with Crippen molar-refractivity contribution < 1.29 is 15.0 Å². The summed E-state index contributed by atoms with van der Waals surface area (Å²) in [6.45, 7) is -0.0431. The summed E-state index contributed by atoms with van der Waals surface area (Å²) in [4.78, 5) is 13.6. The molecule has 0 fully saturated rings. The first kappa shape index (κ1) is 13.3. The maximum absolute atomic E-state index is 12.3. The van der Waals surface area contributed by atoms with E-state index in [1.165, 1.54) is 4.90 Å². The molecular formula is C12H16N4O3. The summed E-state index contributed by atoms with van der Waals surface area (Å²) in [6.07, 6.45) is 0. The van der Waals surface area contributed by atoms with Crippen molar-refractivity contribution in [3.63, 3.8) is 0 Å². The number of aromatic nitrogens is 2. The molecular weight excluding hydrogens is 248 g/mol. The lowest BCUT2D eigenvalue weighted by atomic mass is 10.1. The molecule has 0 saturated heterocycles. The number of nitrogens with one attached hydrogen (secondary N) is 1. The Morgan fingerprint density at radius 3 is 2.63 bits per heavy atom. The Balaban J connectivity index is 2.36. The topological polar surface area (TPSA) is 115 Å². The normalized spacial score (nSPS) is 10.8. The zero-order chi connectivity index (χ0) is 13.8. The fraction of sp³-hybridized carbons (Fsp3) is 0.333. The van der Waals surface area contributed by atoms with E-state index < -0.39 is 0 Å². The molecule has 2 rings (SSSR count). The van der Waals surface area contributed by atoms with Crippen LogP contribution < -0.4 is 5.73 Å². The highest BCUT2D eigenvalue weighted by Crippen LogP contribution is 2.20. The predicted molar refractivity (Wildman–Crippen MR) is 70.6 cm³/mol. The van der Waals surface area contributed by atoms with Crippen molar-refractivity contribution in [3.8, 4) is 0 Å². The van der Waals surface area contributed by atoms with Gasteiger partial charge in [0.1, 0.15) is 0 Å². The molecule has 0 aliphatic rings. The molecule has 0 bridgehead atoms. The van der Waals surface area contributed by atoms with E-state index in [4.69, 9.17) is 15.9 Å². The number of aliphatic hydroxyl groups excluding tert-OH is 2. The number of anilines is 1. The highest BCUT2D eigenvalue weighted by Gasteiger charge is 2.20. The van der Waals surface area contributed by atoms with Crippen LogP contribution >= 0.6 is 0 Å². The van der Waals surface area contributed by atoms with Gasteiger partial charge in [-0.2, -0.15) is 5.10 Å². The van der Waals surface area contributed by atoms with Crippen LogP contribution in [0, 0.1) is 0 Å². The number of amides is 1. The first-order chi connectivity index (χ1) is 9.17. The third-order valence-electron chi connectivity index (χ3n) is 2.82. The molecule has 1 amide bonds. The average molecular weight is 264 g/mol. The summed E-state index contributed by atoms with van der Waals surface area (Å²) in [6, 6.07) is 5.13. The average Bonchev–Trinajstić information content (AvgIpc) is 2.80. The Hall–Kier alpha value is -2.12. The number of H-pyrrole nitrogens is 1. The van der Waals surface area contributed by atoms with E-state index in [9.17, 15) is 4.79 Å². The Labute approximate surface area is 109 Å². The lowest BCUT2D eigenvalue weighted by Gasteiger charge is -2.19. The molecule has 19 heavy (non-hydrogen) atoms. The quantitative estimate of drug-likeness (QED) is 0.547. The minimum atomic E-state index is -0.347. The van der Waals surface area contributed by atoms with E-state index in [2.05, 4.69) is 10.2 Å². The van der Waals surface area contributed by atoms with Crippen LogP contribution in [0.15, 0.2) is 18.2 Å². The van der Waals surface area contributed by atoms with Gasteiger partial charge in [-0.3, -0.25) is 9.89 Å². The number of aromatic amines is 1. The molecule has 102 valence electrons. The van der Waals surface area contributed by atoms with Crippen LogP contribution in [-0.2, 0) is 0 Å². The van der Waals surface area contributed by atoms with Gasteiger partial charge in [-0.25, -0.2) is 0 Å². The van der Waals surface area contributed by atoms with Crippen LogP contribution in [-0.4, -0.2) is 57.5 Å². The van der Waals surface area contributed by atoms with Gasteiger partial charge in [0.2, 0.25) is 0 Å². The molecule has 1 aromatic carbocycles. The molecule has 1 aromatic heterocycles. The van der Waals surface area contributed by atoms with E-state index in [0.29, 0.717) is 16.6 Å². The van der Waals surface area contributed by atoms with E-state index in [0.717, 1.165) is 0 Å². The number of nitrogens with two attached hydrogens (primary N) is 1. The predicted octanol–water partition coefficient (Wildman–Crippen LogP) is -0.428. The lowest BCUT2D eigenvalue weighted by molar-refractivity contribution is 0.0681. The van der Waals surface area contributed by atoms with Crippen molar-refractivity contribution in [3.05, 3.63) is 23.9 Å². The van der Waals surface area contributed by atoms with Gasteiger partial charge in [-0.1, -0.05) is 0 Å². The highest BCUT2D eigenvalue weighted by molar-refractivity contribution is 6.05. The molecule has 0 unspecified atom stereocenters. The van der Waals surface area contributed by atoms with Gasteiger partial charge in [0.25, 0.3) is 5.91 Å². The Kier molecular flexibility index (Phi) is 3.98. The van der Waals surface area contributed by atoms with Gasteiger partial charge in [-0.05, 0) is 18.2 Å². The first-order valence-electron chi connectivity index (χ1n) is 5.92. The molecule has 1 heterocycles. The number of hydrogen-bond donors (Lipinski definition) is 4. The fourth-order valence-corrected chi connectivity index (χ4v) is 1.90. The fourth-order valence-electron chi connectivity index (χ4n) is 1.90. The second kappa shape index (κ2) is 5.68. The Morgan fingerprint density at radius 2 is 2.00 bits per heavy atom. The van der Waals surface area contributed by atoms with Crippen molar-refractivity contribution >= 4 is 22.5 Å². The van der Waals surface area contributed by atoms with Crippen LogP contribution in [0.25, 0.3) is 10.9 Å². The zero-order valence-electron chi connectivity index (χ0n) is 10.3. The summed E-state index contributed by atoms with van der Waals surface area (Å²) < 4.78 is 0. The molecule has 7 nitrogen and oxygen atoms in total. The van der Waals surface area contributed by atoms with Crippen molar-refractivity contribution in [2.75, 3.05) is 32.0 Å². The largest absolute Gasteiger partial charge is 0.399 e. The highest BCUT2D eigenvalue weighted by atomic mass is 16.3. The number of nitrogen functional groups attached to an aromatic ring is 1. The van der Waals surface area contributed by atoms with Crippen LogP contribution in [0.3, 0.4) is 0 Å². The smallest absolute Gasteiger partial charge is 0.275 e. The second-order valence-electron chi connectivity index (χ2n) is 4.12. The van der Waals surface area contributed by atoms with Gasteiger partial charge in [0, 0.05) is 24.2 Å². The second-order valence-corrected chi connectivity index (χ2v) is 4.12. The molecule has 0 aliphatic heterocycles. The Bertz CT molecular complexity index is 575. The third kappa shape index (κ3) is 2.67. The van der Waals surface area contributed by atoms with Gasteiger partial charge in [0.15, 0.2) is 5.69 Å². The molecule has 0 radical (unpaired) electrons. The van der Waals surface area contributed by atoms with E-state index >= 15 is 0 Å². The monoisotopic (exact) mass is 264 g/mol.